The number of rotatable bonds is 4. The van der Waals surface area contributed by atoms with Crippen LogP contribution in [0, 0.1) is 11.3 Å². The highest BCUT2D eigenvalue weighted by molar-refractivity contribution is 5.73. The summed E-state index contributed by atoms with van der Waals surface area (Å²) in [6.07, 6.45) is 1.31. The third-order valence-electron chi connectivity index (χ3n) is 3.47. The van der Waals surface area contributed by atoms with Crippen molar-refractivity contribution in [1.29, 1.82) is 0 Å². The molecule has 1 saturated heterocycles. The van der Waals surface area contributed by atoms with Gasteiger partial charge >= 0.3 is 5.97 Å². The number of ether oxygens (including phenoxy) is 1. The number of methoxy groups -OCH3 is 1. The molecule has 16 heavy (non-hydrogen) atoms. The monoisotopic (exact) mass is 229 g/mol. The Morgan fingerprint density at radius 3 is 2.69 bits per heavy atom. The molecule has 0 saturated carbocycles. The van der Waals surface area contributed by atoms with Crippen LogP contribution in [0.15, 0.2) is 0 Å². The highest BCUT2D eigenvalue weighted by atomic mass is 16.5. The standard InChI is InChI=1S/C12H23NO3/c1-9-5-6-13(7-10(9)16-4)8-12(2,3)11(14)15/h9-10H,5-8H2,1-4H3,(H,14,15). The molecule has 1 heterocycles. The molecule has 0 bridgehead atoms. The summed E-state index contributed by atoms with van der Waals surface area (Å²) in [6, 6.07) is 0. The van der Waals surface area contributed by atoms with Gasteiger partial charge in [-0.05, 0) is 32.7 Å². The fourth-order valence-corrected chi connectivity index (χ4v) is 2.17. The first kappa shape index (κ1) is 13.5. The zero-order chi connectivity index (χ0) is 12.3. The number of nitrogens with zero attached hydrogens (tertiary/aromatic N) is 1. The number of carbonyl (C=O) groups is 1. The third-order valence-corrected chi connectivity index (χ3v) is 3.47. The van der Waals surface area contributed by atoms with Crippen LogP contribution in [0.25, 0.3) is 0 Å². The van der Waals surface area contributed by atoms with Gasteiger partial charge in [0.25, 0.3) is 0 Å². The molecule has 1 N–H and O–H groups in total. The second kappa shape index (κ2) is 5.15. The first-order chi connectivity index (χ1) is 7.36. The predicted octanol–water partition coefficient (Wildman–Crippen LogP) is 1.45. The van der Waals surface area contributed by atoms with Crippen molar-refractivity contribution in [2.45, 2.75) is 33.3 Å². The number of hydrogen-bond donors (Lipinski definition) is 1. The molecule has 2 atom stereocenters. The lowest BCUT2D eigenvalue weighted by Crippen LogP contribution is -2.48. The van der Waals surface area contributed by atoms with Crippen LogP contribution in [0.4, 0.5) is 0 Å². The summed E-state index contributed by atoms with van der Waals surface area (Å²) in [5.41, 5.74) is -0.682. The number of aliphatic carboxylic acids is 1. The summed E-state index contributed by atoms with van der Waals surface area (Å²) in [7, 11) is 1.73. The molecule has 0 aliphatic carbocycles. The maximum atomic E-state index is 11.1. The Kier molecular flexibility index (Phi) is 4.33. The number of hydrogen-bond acceptors (Lipinski definition) is 3. The van der Waals surface area contributed by atoms with E-state index in [1.54, 1.807) is 21.0 Å². The number of likely N-dealkylation sites (tertiary alicyclic amines) is 1. The fraction of sp³-hybridized carbons (Fsp3) is 0.917. The summed E-state index contributed by atoms with van der Waals surface area (Å²) in [4.78, 5) is 13.2. The quantitative estimate of drug-likeness (QED) is 0.793. The molecule has 0 aromatic heterocycles. The Morgan fingerprint density at radius 2 is 2.19 bits per heavy atom. The highest BCUT2D eigenvalue weighted by Crippen LogP contribution is 2.24. The zero-order valence-corrected chi connectivity index (χ0v) is 10.7. The Balaban J connectivity index is 2.53. The van der Waals surface area contributed by atoms with Gasteiger partial charge in [-0.2, -0.15) is 0 Å². The molecule has 94 valence electrons. The van der Waals surface area contributed by atoms with E-state index in [4.69, 9.17) is 9.84 Å². The largest absolute Gasteiger partial charge is 0.481 e. The summed E-state index contributed by atoms with van der Waals surface area (Å²) >= 11 is 0. The van der Waals surface area contributed by atoms with Gasteiger partial charge in [0.05, 0.1) is 11.5 Å². The minimum atomic E-state index is -0.736. The second-order valence-electron chi connectivity index (χ2n) is 5.46. The van der Waals surface area contributed by atoms with E-state index in [2.05, 4.69) is 11.8 Å². The van der Waals surface area contributed by atoms with Crippen LogP contribution < -0.4 is 0 Å². The Bertz CT molecular complexity index is 253. The lowest BCUT2D eigenvalue weighted by atomic mass is 9.90. The van der Waals surface area contributed by atoms with E-state index in [-0.39, 0.29) is 6.10 Å². The first-order valence-corrected chi connectivity index (χ1v) is 5.85. The van der Waals surface area contributed by atoms with Crippen LogP contribution in [0.2, 0.25) is 0 Å². The van der Waals surface area contributed by atoms with E-state index >= 15 is 0 Å². The van der Waals surface area contributed by atoms with Crippen LogP contribution in [0.3, 0.4) is 0 Å². The van der Waals surface area contributed by atoms with Gasteiger partial charge in [-0.3, -0.25) is 9.69 Å². The van der Waals surface area contributed by atoms with Gasteiger partial charge < -0.3 is 9.84 Å². The number of carboxylic acids is 1. The molecule has 1 aliphatic heterocycles. The molecule has 0 aromatic rings. The van der Waals surface area contributed by atoms with Crippen molar-refractivity contribution in [3.05, 3.63) is 0 Å². The molecule has 0 radical (unpaired) electrons. The maximum Gasteiger partial charge on any atom is 0.310 e. The van der Waals surface area contributed by atoms with Crippen LogP contribution >= 0.6 is 0 Å². The van der Waals surface area contributed by atoms with Gasteiger partial charge in [-0.25, -0.2) is 0 Å². The summed E-state index contributed by atoms with van der Waals surface area (Å²) < 4.78 is 5.42. The first-order valence-electron chi connectivity index (χ1n) is 5.85. The molecule has 0 amide bonds. The van der Waals surface area contributed by atoms with E-state index in [0.29, 0.717) is 12.5 Å². The Morgan fingerprint density at radius 1 is 1.56 bits per heavy atom. The van der Waals surface area contributed by atoms with Crippen molar-refractivity contribution in [3.63, 3.8) is 0 Å². The van der Waals surface area contributed by atoms with Gasteiger partial charge in [0, 0.05) is 20.2 Å². The molecule has 4 nitrogen and oxygen atoms in total. The van der Waals surface area contributed by atoms with Crippen molar-refractivity contribution < 1.29 is 14.6 Å². The lowest BCUT2D eigenvalue weighted by Gasteiger charge is -2.38. The van der Waals surface area contributed by atoms with Gasteiger partial charge in [0.15, 0.2) is 0 Å². The van der Waals surface area contributed by atoms with E-state index in [1.807, 2.05) is 0 Å². The molecule has 4 heteroatoms. The van der Waals surface area contributed by atoms with Gasteiger partial charge in [0.2, 0.25) is 0 Å². The SMILES string of the molecule is COC1CN(CC(C)(C)C(=O)O)CCC1C. The third kappa shape index (κ3) is 3.19. The molecule has 0 aromatic carbocycles. The van der Waals surface area contributed by atoms with Crippen LogP contribution in [-0.2, 0) is 9.53 Å². The predicted molar refractivity (Wildman–Crippen MR) is 62.4 cm³/mol. The molecule has 0 spiro atoms. The molecule has 2 unspecified atom stereocenters. The van der Waals surface area contributed by atoms with E-state index in [0.717, 1.165) is 19.5 Å². The van der Waals surface area contributed by atoms with Gasteiger partial charge in [-0.1, -0.05) is 6.92 Å². The van der Waals surface area contributed by atoms with Crippen LogP contribution in [0.1, 0.15) is 27.2 Å². The second-order valence-corrected chi connectivity index (χ2v) is 5.46. The summed E-state index contributed by atoms with van der Waals surface area (Å²) in [5, 5.41) is 9.09. The Hall–Kier alpha value is -0.610. The topological polar surface area (TPSA) is 49.8 Å². The lowest BCUT2D eigenvalue weighted by molar-refractivity contribution is -0.148. The van der Waals surface area contributed by atoms with Crippen molar-refractivity contribution in [2.75, 3.05) is 26.7 Å². The Labute approximate surface area is 97.6 Å². The van der Waals surface area contributed by atoms with Crippen molar-refractivity contribution in [3.8, 4) is 0 Å². The van der Waals surface area contributed by atoms with Crippen molar-refractivity contribution >= 4 is 5.97 Å². The van der Waals surface area contributed by atoms with Gasteiger partial charge in [-0.15, -0.1) is 0 Å². The minimum Gasteiger partial charge on any atom is -0.481 e. The van der Waals surface area contributed by atoms with E-state index in [9.17, 15) is 4.79 Å². The minimum absolute atomic E-state index is 0.235. The number of piperidine rings is 1. The van der Waals surface area contributed by atoms with Gasteiger partial charge in [0.1, 0.15) is 0 Å². The molecule has 1 rings (SSSR count). The number of carboxylic acid groups (broad SMARTS) is 1. The van der Waals surface area contributed by atoms with E-state index in [1.165, 1.54) is 0 Å². The highest BCUT2D eigenvalue weighted by Gasteiger charge is 2.33. The summed E-state index contributed by atoms with van der Waals surface area (Å²) in [5.74, 6) is -0.172. The molecular formula is C12H23NO3. The van der Waals surface area contributed by atoms with E-state index < -0.39 is 11.4 Å². The summed E-state index contributed by atoms with van der Waals surface area (Å²) in [6.45, 7) is 8.14. The molecular weight excluding hydrogens is 206 g/mol. The maximum absolute atomic E-state index is 11.1. The molecule has 1 fully saturated rings. The normalized spacial score (nSPS) is 28.0. The average molecular weight is 229 g/mol. The van der Waals surface area contributed by atoms with Crippen LogP contribution in [0.5, 0.6) is 0 Å². The average Bonchev–Trinajstić information content (AvgIpc) is 2.20. The van der Waals surface area contributed by atoms with Crippen molar-refractivity contribution in [1.82, 2.24) is 4.90 Å². The zero-order valence-electron chi connectivity index (χ0n) is 10.7. The fourth-order valence-electron chi connectivity index (χ4n) is 2.17. The smallest absolute Gasteiger partial charge is 0.310 e. The molecule has 1 aliphatic rings. The van der Waals surface area contributed by atoms with Crippen molar-refractivity contribution in [2.24, 2.45) is 11.3 Å². The van der Waals surface area contributed by atoms with Crippen LogP contribution in [-0.4, -0.2) is 48.8 Å².